The number of carbonyl (C=O) groups is 1. The number of hydrogen-bond donors (Lipinski definition) is 2. The fourth-order valence-corrected chi connectivity index (χ4v) is 1.88. The number of nitrogens with zero attached hydrogens (tertiary/aromatic N) is 1. The number of benzene rings is 1. The summed E-state index contributed by atoms with van der Waals surface area (Å²) in [6.07, 6.45) is 0. The molecule has 0 aromatic heterocycles. The van der Waals surface area contributed by atoms with Crippen molar-refractivity contribution < 1.29 is 9.90 Å². The average molecular weight is 225 g/mol. The lowest BCUT2D eigenvalue weighted by Gasteiger charge is -2.10. The van der Waals surface area contributed by atoms with Crippen LogP contribution < -0.4 is 5.43 Å². The Morgan fingerprint density at radius 2 is 2.27 bits per heavy atom. The van der Waals surface area contributed by atoms with Crippen LogP contribution in [0.25, 0.3) is 0 Å². The summed E-state index contributed by atoms with van der Waals surface area (Å²) >= 11 is 6.00. The van der Waals surface area contributed by atoms with Crippen molar-refractivity contribution in [2.75, 3.05) is 6.54 Å². The van der Waals surface area contributed by atoms with Gasteiger partial charge in [-0.25, -0.2) is 4.79 Å². The van der Waals surface area contributed by atoms with Gasteiger partial charge in [0.15, 0.2) is 5.71 Å². The van der Waals surface area contributed by atoms with Crippen LogP contribution in [0.15, 0.2) is 29.4 Å². The summed E-state index contributed by atoms with van der Waals surface area (Å²) in [4.78, 5) is 10.9. The maximum absolute atomic E-state index is 10.9. The van der Waals surface area contributed by atoms with E-state index in [9.17, 15) is 4.79 Å². The average Bonchev–Trinajstić information content (AvgIpc) is 2.67. The van der Waals surface area contributed by atoms with Crippen LogP contribution in [0.2, 0.25) is 5.02 Å². The first kappa shape index (κ1) is 9.98. The number of nitrogens with one attached hydrogen (secondary N) is 1. The Morgan fingerprint density at radius 3 is 2.93 bits per heavy atom. The van der Waals surface area contributed by atoms with E-state index >= 15 is 0 Å². The van der Waals surface area contributed by atoms with Gasteiger partial charge in [0.2, 0.25) is 0 Å². The minimum Gasteiger partial charge on any atom is -0.477 e. The molecule has 1 atom stereocenters. The molecule has 4 nitrogen and oxygen atoms in total. The van der Waals surface area contributed by atoms with Crippen molar-refractivity contribution in [2.24, 2.45) is 5.10 Å². The second kappa shape index (κ2) is 3.90. The molecule has 0 radical (unpaired) electrons. The second-order valence-electron chi connectivity index (χ2n) is 3.24. The van der Waals surface area contributed by atoms with E-state index in [4.69, 9.17) is 16.7 Å². The molecule has 1 aromatic rings. The van der Waals surface area contributed by atoms with Crippen LogP contribution >= 0.6 is 11.6 Å². The number of carboxylic acid groups (broad SMARTS) is 1. The number of hydrogen-bond acceptors (Lipinski definition) is 3. The molecule has 78 valence electrons. The molecule has 0 bridgehead atoms. The highest BCUT2D eigenvalue weighted by Crippen LogP contribution is 2.27. The predicted molar refractivity (Wildman–Crippen MR) is 57.3 cm³/mol. The van der Waals surface area contributed by atoms with Gasteiger partial charge in [-0.15, -0.1) is 0 Å². The molecule has 0 fully saturated rings. The Morgan fingerprint density at radius 1 is 1.53 bits per heavy atom. The topological polar surface area (TPSA) is 61.7 Å². The molecule has 1 aromatic carbocycles. The zero-order valence-corrected chi connectivity index (χ0v) is 8.53. The highest BCUT2D eigenvalue weighted by Gasteiger charge is 2.29. The van der Waals surface area contributed by atoms with Gasteiger partial charge >= 0.3 is 5.97 Å². The highest BCUT2D eigenvalue weighted by atomic mass is 35.5. The summed E-state index contributed by atoms with van der Waals surface area (Å²) in [7, 11) is 0. The molecule has 0 saturated carbocycles. The number of aliphatic carboxylic acids is 1. The Hall–Kier alpha value is -1.55. The van der Waals surface area contributed by atoms with E-state index in [0.717, 1.165) is 5.56 Å². The van der Waals surface area contributed by atoms with Crippen LogP contribution in [0, 0.1) is 0 Å². The molecule has 2 N–H and O–H groups in total. The standard InChI is InChI=1S/C10H9ClN2O2/c11-8-4-2-1-3-6(8)7-5-12-13-9(7)10(14)15/h1-4,7,12H,5H2,(H,14,15). The van der Waals surface area contributed by atoms with Crippen LogP contribution in [0.1, 0.15) is 11.5 Å². The van der Waals surface area contributed by atoms with Crippen molar-refractivity contribution in [3.05, 3.63) is 34.9 Å². The summed E-state index contributed by atoms with van der Waals surface area (Å²) in [5.41, 5.74) is 3.59. The Kier molecular flexibility index (Phi) is 2.60. The van der Waals surface area contributed by atoms with Crippen LogP contribution in [-0.4, -0.2) is 23.3 Å². The Balaban J connectivity index is 2.37. The molecule has 0 aliphatic carbocycles. The third-order valence-electron chi connectivity index (χ3n) is 2.32. The lowest BCUT2D eigenvalue weighted by atomic mass is 9.95. The summed E-state index contributed by atoms with van der Waals surface area (Å²) in [6.45, 7) is 0.478. The molecule has 0 amide bonds. The van der Waals surface area contributed by atoms with Crippen molar-refractivity contribution in [2.45, 2.75) is 5.92 Å². The maximum atomic E-state index is 10.9. The summed E-state index contributed by atoms with van der Waals surface area (Å²) in [5.74, 6) is -1.28. The zero-order chi connectivity index (χ0) is 10.8. The fraction of sp³-hybridized carbons (Fsp3) is 0.200. The first-order chi connectivity index (χ1) is 7.20. The zero-order valence-electron chi connectivity index (χ0n) is 7.77. The van der Waals surface area contributed by atoms with Gasteiger partial charge in [-0.2, -0.15) is 5.10 Å². The molecule has 15 heavy (non-hydrogen) atoms. The first-order valence-electron chi connectivity index (χ1n) is 4.48. The fourth-order valence-electron chi connectivity index (χ4n) is 1.61. The van der Waals surface area contributed by atoms with Crippen molar-refractivity contribution in [1.29, 1.82) is 0 Å². The number of halogens is 1. The second-order valence-corrected chi connectivity index (χ2v) is 3.65. The predicted octanol–water partition coefficient (Wildman–Crippen LogP) is 1.47. The van der Waals surface area contributed by atoms with E-state index in [2.05, 4.69) is 10.5 Å². The SMILES string of the molecule is O=C(O)C1=NNCC1c1ccccc1Cl. The Bertz CT molecular complexity index is 431. The van der Waals surface area contributed by atoms with Gasteiger partial charge in [0.25, 0.3) is 0 Å². The van der Waals surface area contributed by atoms with Gasteiger partial charge in [0, 0.05) is 11.6 Å². The van der Waals surface area contributed by atoms with Crippen molar-refractivity contribution in [3.8, 4) is 0 Å². The van der Waals surface area contributed by atoms with Crippen molar-refractivity contribution >= 4 is 23.3 Å². The minimum atomic E-state index is -1.01. The number of rotatable bonds is 2. The van der Waals surface area contributed by atoms with E-state index < -0.39 is 5.97 Å². The lowest BCUT2D eigenvalue weighted by molar-refractivity contribution is -0.129. The van der Waals surface area contributed by atoms with Gasteiger partial charge < -0.3 is 10.5 Å². The third kappa shape index (κ3) is 1.80. The summed E-state index contributed by atoms with van der Waals surface area (Å²) in [6, 6.07) is 7.21. The van der Waals surface area contributed by atoms with Crippen LogP contribution in [0.5, 0.6) is 0 Å². The molecule has 5 heteroatoms. The molecular formula is C10H9ClN2O2. The number of hydrazone groups is 1. The van der Waals surface area contributed by atoms with E-state index in [1.54, 1.807) is 6.07 Å². The number of carboxylic acids is 1. The van der Waals surface area contributed by atoms with Gasteiger partial charge in [-0.3, -0.25) is 0 Å². The van der Waals surface area contributed by atoms with Crippen molar-refractivity contribution in [1.82, 2.24) is 5.43 Å². The van der Waals surface area contributed by atoms with Gasteiger partial charge in [0.1, 0.15) is 0 Å². The van der Waals surface area contributed by atoms with Gasteiger partial charge in [-0.1, -0.05) is 29.8 Å². The summed E-state index contributed by atoms with van der Waals surface area (Å²) < 4.78 is 0. The highest BCUT2D eigenvalue weighted by molar-refractivity contribution is 6.39. The van der Waals surface area contributed by atoms with Gasteiger partial charge in [-0.05, 0) is 11.6 Å². The minimum absolute atomic E-state index is 0.114. The molecular weight excluding hydrogens is 216 g/mol. The van der Waals surface area contributed by atoms with Gasteiger partial charge in [0.05, 0.1) is 5.92 Å². The van der Waals surface area contributed by atoms with Crippen LogP contribution in [0.3, 0.4) is 0 Å². The van der Waals surface area contributed by atoms with Crippen molar-refractivity contribution in [3.63, 3.8) is 0 Å². The van der Waals surface area contributed by atoms with E-state index in [0.29, 0.717) is 11.6 Å². The molecule has 1 unspecified atom stereocenters. The Labute approximate surface area is 91.6 Å². The molecule has 1 aliphatic rings. The maximum Gasteiger partial charge on any atom is 0.352 e. The van der Waals surface area contributed by atoms with Crippen LogP contribution in [0.4, 0.5) is 0 Å². The van der Waals surface area contributed by atoms with E-state index in [-0.39, 0.29) is 11.6 Å². The van der Waals surface area contributed by atoms with E-state index in [1.807, 2.05) is 18.2 Å². The molecule has 1 aliphatic heterocycles. The third-order valence-corrected chi connectivity index (χ3v) is 2.67. The monoisotopic (exact) mass is 224 g/mol. The first-order valence-corrected chi connectivity index (χ1v) is 4.86. The quantitative estimate of drug-likeness (QED) is 0.800. The normalized spacial score (nSPS) is 19.5. The molecule has 2 rings (SSSR count). The largest absolute Gasteiger partial charge is 0.477 e. The molecule has 0 saturated heterocycles. The molecule has 1 heterocycles. The smallest absolute Gasteiger partial charge is 0.352 e. The summed E-state index contributed by atoms with van der Waals surface area (Å²) in [5, 5.41) is 13.2. The van der Waals surface area contributed by atoms with Crippen LogP contribution in [-0.2, 0) is 4.79 Å². The van der Waals surface area contributed by atoms with E-state index in [1.165, 1.54) is 0 Å². The molecule has 0 spiro atoms. The lowest BCUT2D eigenvalue weighted by Crippen LogP contribution is -2.21.